The second kappa shape index (κ2) is 5.32. The number of ketones is 1. The molecule has 0 bridgehead atoms. The first-order valence-electron chi connectivity index (χ1n) is 6.29. The third-order valence-electron chi connectivity index (χ3n) is 3.41. The van der Waals surface area contributed by atoms with E-state index in [4.69, 9.17) is 5.73 Å². The number of hydrogen-bond donors (Lipinski definition) is 1. The highest BCUT2D eigenvalue weighted by atomic mass is 16.1. The van der Waals surface area contributed by atoms with Gasteiger partial charge in [-0.1, -0.05) is 12.1 Å². The highest BCUT2D eigenvalue weighted by Gasteiger charge is 2.13. The van der Waals surface area contributed by atoms with Gasteiger partial charge in [0, 0.05) is 18.8 Å². The molecule has 1 aromatic carbocycles. The molecule has 3 heteroatoms. The van der Waals surface area contributed by atoms with Crippen molar-refractivity contribution in [3.05, 3.63) is 29.8 Å². The Kier molecular flexibility index (Phi) is 3.79. The van der Waals surface area contributed by atoms with Gasteiger partial charge in [-0.2, -0.15) is 0 Å². The van der Waals surface area contributed by atoms with Crippen LogP contribution in [0.2, 0.25) is 0 Å². The lowest BCUT2D eigenvalue weighted by Gasteiger charge is -2.29. The number of piperidine rings is 1. The summed E-state index contributed by atoms with van der Waals surface area (Å²) in [6.07, 6.45) is 3.88. The molecule has 1 unspecified atom stereocenters. The Morgan fingerprint density at radius 2 is 1.76 bits per heavy atom. The number of carbonyl (C=O) groups excluding carboxylic acids is 1. The normalized spacial score (nSPS) is 17.9. The zero-order chi connectivity index (χ0) is 12.3. The van der Waals surface area contributed by atoms with Gasteiger partial charge in [-0.15, -0.1) is 0 Å². The maximum Gasteiger partial charge on any atom is 0.150 e. The lowest BCUT2D eigenvalue weighted by molar-refractivity contribution is -0.118. The van der Waals surface area contributed by atoms with E-state index < -0.39 is 6.04 Å². The standard InChI is InChI=1S/C14H20N2O/c1-11(17)14(15)12-5-7-13(8-6-12)16-9-3-2-4-10-16/h5-8,14H,2-4,9-10,15H2,1H3. The summed E-state index contributed by atoms with van der Waals surface area (Å²) < 4.78 is 0. The summed E-state index contributed by atoms with van der Waals surface area (Å²) in [5.74, 6) is 0.00993. The van der Waals surface area contributed by atoms with Crippen molar-refractivity contribution < 1.29 is 4.79 Å². The zero-order valence-corrected chi connectivity index (χ0v) is 10.4. The zero-order valence-electron chi connectivity index (χ0n) is 10.4. The molecule has 17 heavy (non-hydrogen) atoms. The van der Waals surface area contributed by atoms with Crippen molar-refractivity contribution in [2.75, 3.05) is 18.0 Å². The number of nitrogens with two attached hydrogens (primary N) is 1. The summed E-state index contributed by atoms with van der Waals surface area (Å²) in [6, 6.07) is 7.60. The third kappa shape index (κ3) is 2.86. The molecule has 1 aliphatic rings. The van der Waals surface area contributed by atoms with Crippen LogP contribution in [0.4, 0.5) is 5.69 Å². The van der Waals surface area contributed by atoms with E-state index in [-0.39, 0.29) is 5.78 Å². The SMILES string of the molecule is CC(=O)C(N)c1ccc(N2CCCCC2)cc1. The maximum absolute atomic E-state index is 11.2. The monoisotopic (exact) mass is 232 g/mol. The summed E-state index contributed by atoms with van der Waals surface area (Å²) in [5, 5.41) is 0. The Balaban J connectivity index is 2.09. The molecular weight excluding hydrogens is 212 g/mol. The molecule has 2 rings (SSSR count). The average molecular weight is 232 g/mol. The van der Waals surface area contributed by atoms with Crippen LogP contribution >= 0.6 is 0 Å². The van der Waals surface area contributed by atoms with Gasteiger partial charge in [0.15, 0.2) is 5.78 Å². The van der Waals surface area contributed by atoms with Crippen molar-refractivity contribution in [3.63, 3.8) is 0 Å². The Hall–Kier alpha value is -1.35. The van der Waals surface area contributed by atoms with Crippen molar-refractivity contribution in [1.29, 1.82) is 0 Å². The summed E-state index contributed by atoms with van der Waals surface area (Å²) in [6.45, 7) is 3.80. The topological polar surface area (TPSA) is 46.3 Å². The van der Waals surface area contributed by atoms with Crippen LogP contribution in [0.25, 0.3) is 0 Å². The van der Waals surface area contributed by atoms with Gasteiger partial charge >= 0.3 is 0 Å². The first kappa shape index (κ1) is 12.1. The molecule has 92 valence electrons. The molecule has 3 nitrogen and oxygen atoms in total. The van der Waals surface area contributed by atoms with Crippen LogP contribution < -0.4 is 10.6 Å². The van der Waals surface area contributed by atoms with Gasteiger partial charge in [0.2, 0.25) is 0 Å². The Labute approximate surface area is 103 Å². The van der Waals surface area contributed by atoms with Gasteiger partial charge in [0.25, 0.3) is 0 Å². The highest BCUT2D eigenvalue weighted by molar-refractivity contribution is 5.82. The van der Waals surface area contributed by atoms with Crippen LogP contribution in [0.1, 0.15) is 37.8 Å². The van der Waals surface area contributed by atoms with Crippen LogP contribution in [0, 0.1) is 0 Å². The molecule has 0 amide bonds. The summed E-state index contributed by atoms with van der Waals surface area (Å²) in [4.78, 5) is 13.6. The van der Waals surface area contributed by atoms with Gasteiger partial charge in [0.1, 0.15) is 0 Å². The third-order valence-corrected chi connectivity index (χ3v) is 3.41. The molecule has 1 saturated heterocycles. The van der Waals surface area contributed by atoms with Gasteiger partial charge in [0.05, 0.1) is 6.04 Å². The van der Waals surface area contributed by atoms with Crippen LogP contribution in [0.15, 0.2) is 24.3 Å². The molecule has 2 N–H and O–H groups in total. The Morgan fingerprint density at radius 1 is 1.18 bits per heavy atom. The van der Waals surface area contributed by atoms with Crippen molar-refractivity contribution in [2.24, 2.45) is 5.73 Å². The second-order valence-electron chi connectivity index (χ2n) is 4.73. The fraction of sp³-hybridized carbons (Fsp3) is 0.500. The van der Waals surface area contributed by atoms with Crippen molar-refractivity contribution >= 4 is 11.5 Å². The minimum atomic E-state index is -0.481. The molecule has 0 aliphatic carbocycles. The average Bonchev–Trinajstić information content (AvgIpc) is 2.39. The van der Waals surface area contributed by atoms with E-state index in [1.165, 1.54) is 31.9 Å². The maximum atomic E-state index is 11.2. The Morgan fingerprint density at radius 3 is 2.29 bits per heavy atom. The number of rotatable bonds is 3. The number of carbonyl (C=O) groups is 1. The van der Waals surface area contributed by atoms with Crippen LogP contribution in [-0.2, 0) is 4.79 Å². The molecule has 1 aromatic rings. The van der Waals surface area contributed by atoms with E-state index in [1.807, 2.05) is 12.1 Å². The fourth-order valence-electron chi connectivity index (χ4n) is 2.28. The van der Waals surface area contributed by atoms with Crippen LogP contribution in [0.3, 0.4) is 0 Å². The molecule has 1 aliphatic heterocycles. The predicted molar refractivity (Wildman–Crippen MR) is 70.1 cm³/mol. The minimum absolute atomic E-state index is 0.00993. The van der Waals surface area contributed by atoms with Gasteiger partial charge < -0.3 is 10.6 Å². The predicted octanol–water partition coefficient (Wildman–Crippen LogP) is 2.27. The number of anilines is 1. The first-order chi connectivity index (χ1) is 8.18. The van der Waals surface area contributed by atoms with Crippen molar-refractivity contribution in [1.82, 2.24) is 0 Å². The quantitative estimate of drug-likeness (QED) is 0.869. The number of hydrogen-bond acceptors (Lipinski definition) is 3. The van der Waals surface area contributed by atoms with E-state index in [2.05, 4.69) is 17.0 Å². The summed E-state index contributed by atoms with van der Waals surface area (Å²) in [5.41, 5.74) is 7.94. The minimum Gasteiger partial charge on any atom is -0.372 e. The number of Topliss-reactive ketones (excluding diaryl/α,β-unsaturated/α-hetero) is 1. The largest absolute Gasteiger partial charge is 0.372 e. The lowest BCUT2D eigenvalue weighted by Crippen LogP contribution is -2.29. The van der Waals surface area contributed by atoms with E-state index in [0.29, 0.717) is 0 Å². The molecule has 1 atom stereocenters. The van der Waals surface area contributed by atoms with E-state index in [1.54, 1.807) is 0 Å². The van der Waals surface area contributed by atoms with Gasteiger partial charge in [-0.05, 0) is 43.9 Å². The van der Waals surface area contributed by atoms with Gasteiger partial charge in [-0.25, -0.2) is 0 Å². The molecule has 1 heterocycles. The van der Waals surface area contributed by atoms with Gasteiger partial charge in [-0.3, -0.25) is 4.79 Å². The Bertz CT molecular complexity index is 380. The van der Waals surface area contributed by atoms with E-state index in [0.717, 1.165) is 18.7 Å². The van der Waals surface area contributed by atoms with Crippen LogP contribution in [-0.4, -0.2) is 18.9 Å². The number of nitrogens with zero attached hydrogens (tertiary/aromatic N) is 1. The molecular formula is C14H20N2O. The van der Waals surface area contributed by atoms with E-state index >= 15 is 0 Å². The van der Waals surface area contributed by atoms with E-state index in [9.17, 15) is 4.79 Å². The molecule has 1 fully saturated rings. The first-order valence-corrected chi connectivity index (χ1v) is 6.29. The second-order valence-corrected chi connectivity index (χ2v) is 4.73. The van der Waals surface area contributed by atoms with Crippen LogP contribution in [0.5, 0.6) is 0 Å². The lowest BCUT2D eigenvalue weighted by atomic mass is 10.0. The summed E-state index contributed by atoms with van der Waals surface area (Å²) >= 11 is 0. The molecule has 0 saturated carbocycles. The smallest absolute Gasteiger partial charge is 0.150 e. The summed E-state index contributed by atoms with van der Waals surface area (Å²) in [7, 11) is 0. The molecule has 0 aromatic heterocycles. The van der Waals surface area contributed by atoms with Crippen molar-refractivity contribution in [3.8, 4) is 0 Å². The molecule has 0 spiro atoms. The molecule has 0 radical (unpaired) electrons. The van der Waals surface area contributed by atoms with Crippen molar-refractivity contribution in [2.45, 2.75) is 32.2 Å². The highest BCUT2D eigenvalue weighted by Crippen LogP contribution is 2.22. The number of benzene rings is 1. The fourth-order valence-corrected chi connectivity index (χ4v) is 2.28.